The normalized spacial score (nSPS) is 32.1. The number of epoxide rings is 1. The van der Waals surface area contributed by atoms with E-state index >= 15 is 0 Å². The second-order valence-electron chi connectivity index (χ2n) is 4.03. The van der Waals surface area contributed by atoms with Gasteiger partial charge in [0.1, 0.15) is 5.60 Å². The standard InChI is InChI=1S/C11H22O2/c1-3-5-6-7-8-10-11(4-2,9-12)13-10/h10,12H,3-9H2,1-2H3. The molecule has 1 rings (SSSR count). The fraction of sp³-hybridized carbons (Fsp3) is 1.00. The predicted molar refractivity (Wildman–Crippen MR) is 53.7 cm³/mol. The average molecular weight is 186 g/mol. The van der Waals surface area contributed by atoms with E-state index in [2.05, 4.69) is 13.8 Å². The molecule has 2 unspecified atom stereocenters. The van der Waals surface area contributed by atoms with Crippen LogP contribution in [0.25, 0.3) is 0 Å². The summed E-state index contributed by atoms with van der Waals surface area (Å²) in [6.45, 7) is 4.50. The number of ether oxygens (including phenoxy) is 1. The molecule has 13 heavy (non-hydrogen) atoms. The SMILES string of the molecule is CCCCCCC1OC1(CC)CO. The number of hydrogen-bond acceptors (Lipinski definition) is 2. The highest BCUT2D eigenvalue weighted by molar-refractivity contribution is 5.01. The lowest BCUT2D eigenvalue weighted by Gasteiger charge is -2.04. The molecule has 0 aromatic carbocycles. The van der Waals surface area contributed by atoms with Crippen molar-refractivity contribution in [2.24, 2.45) is 0 Å². The summed E-state index contributed by atoms with van der Waals surface area (Å²) in [5.41, 5.74) is -0.147. The van der Waals surface area contributed by atoms with E-state index in [9.17, 15) is 0 Å². The number of aliphatic hydroxyl groups is 1. The Morgan fingerprint density at radius 3 is 2.46 bits per heavy atom. The van der Waals surface area contributed by atoms with Gasteiger partial charge in [0.2, 0.25) is 0 Å². The molecule has 2 heteroatoms. The van der Waals surface area contributed by atoms with Gasteiger partial charge >= 0.3 is 0 Å². The van der Waals surface area contributed by atoms with Crippen LogP contribution in [0.2, 0.25) is 0 Å². The van der Waals surface area contributed by atoms with E-state index in [0.29, 0.717) is 6.10 Å². The molecule has 2 nitrogen and oxygen atoms in total. The minimum absolute atomic E-state index is 0.147. The van der Waals surface area contributed by atoms with E-state index in [-0.39, 0.29) is 12.2 Å². The molecule has 1 heterocycles. The maximum atomic E-state index is 9.10. The van der Waals surface area contributed by atoms with Crippen LogP contribution in [0, 0.1) is 0 Å². The summed E-state index contributed by atoms with van der Waals surface area (Å²) < 4.78 is 5.53. The van der Waals surface area contributed by atoms with Crippen molar-refractivity contribution < 1.29 is 9.84 Å². The van der Waals surface area contributed by atoms with Crippen molar-refractivity contribution in [3.05, 3.63) is 0 Å². The average Bonchev–Trinajstić information content (AvgIpc) is 2.87. The molecule has 1 saturated heterocycles. The number of hydrogen-bond donors (Lipinski definition) is 1. The lowest BCUT2D eigenvalue weighted by atomic mass is 9.99. The number of unbranched alkanes of at least 4 members (excludes halogenated alkanes) is 3. The molecule has 0 amide bonds. The Morgan fingerprint density at radius 1 is 1.23 bits per heavy atom. The summed E-state index contributed by atoms with van der Waals surface area (Å²) in [5, 5.41) is 9.10. The van der Waals surface area contributed by atoms with Crippen molar-refractivity contribution in [3.8, 4) is 0 Å². The Bertz CT molecular complexity index is 141. The molecule has 78 valence electrons. The first-order valence-electron chi connectivity index (χ1n) is 5.57. The summed E-state index contributed by atoms with van der Waals surface area (Å²) >= 11 is 0. The van der Waals surface area contributed by atoms with Crippen LogP contribution in [0.4, 0.5) is 0 Å². The third-order valence-electron chi connectivity index (χ3n) is 3.09. The van der Waals surface area contributed by atoms with E-state index in [1.54, 1.807) is 0 Å². The molecule has 0 aromatic heterocycles. The Kier molecular flexibility index (Phi) is 4.20. The molecule has 0 saturated carbocycles. The third kappa shape index (κ3) is 2.68. The number of aliphatic hydroxyl groups excluding tert-OH is 1. The molecule has 0 radical (unpaired) electrons. The van der Waals surface area contributed by atoms with Crippen molar-refractivity contribution in [2.75, 3.05) is 6.61 Å². The maximum absolute atomic E-state index is 9.10. The quantitative estimate of drug-likeness (QED) is 0.489. The molecule has 0 aliphatic carbocycles. The Labute approximate surface area is 81.3 Å². The van der Waals surface area contributed by atoms with Crippen LogP contribution in [0.5, 0.6) is 0 Å². The van der Waals surface area contributed by atoms with E-state index < -0.39 is 0 Å². The summed E-state index contributed by atoms with van der Waals surface area (Å²) in [6, 6.07) is 0. The minimum atomic E-state index is -0.147. The van der Waals surface area contributed by atoms with Gasteiger partial charge in [0.05, 0.1) is 12.7 Å². The Hall–Kier alpha value is -0.0800. The molecule has 1 aliphatic heterocycles. The van der Waals surface area contributed by atoms with Gasteiger partial charge in [0.15, 0.2) is 0 Å². The van der Waals surface area contributed by atoms with Crippen LogP contribution >= 0.6 is 0 Å². The molecule has 2 atom stereocenters. The summed E-state index contributed by atoms with van der Waals surface area (Å²) in [6.07, 6.45) is 7.59. The second-order valence-corrected chi connectivity index (χ2v) is 4.03. The first kappa shape index (κ1) is 11.0. The van der Waals surface area contributed by atoms with Gasteiger partial charge in [-0.3, -0.25) is 0 Å². The van der Waals surface area contributed by atoms with Gasteiger partial charge in [-0.05, 0) is 12.8 Å². The van der Waals surface area contributed by atoms with Gasteiger partial charge in [0, 0.05) is 0 Å². The van der Waals surface area contributed by atoms with E-state index in [1.807, 2.05) is 0 Å². The van der Waals surface area contributed by atoms with Crippen molar-refractivity contribution in [2.45, 2.75) is 64.1 Å². The van der Waals surface area contributed by atoms with E-state index in [1.165, 1.54) is 25.7 Å². The van der Waals surface area contributed by atoms with Gasteiger partial charge in [-0.1, -0.05) is 39.5 Å². The van der Waals surface area contributed by atoms with Crippen molar-refractivity contribution in [1.29, 1.82) is 0 Å². The zero-order valence-electron chi connectivity index (χ0n) is 8.88. The smallest absolute Gasteiger partial charge is 0.117 e. The van der Waals surface area contributed by atoms with Gasteiger partial charge in [-0.25, -0.2) is 0 Å². The van der Waals surface area contributed by atoms with Gasteiger partial charge in [0.25, 0.3) is 0 Å². The van der Waals surface area contributed by atoms with Crippen LogP contribution in [0.15, 0.2) is 0 Å². The van der Waals surface area contributed by atoms with Crippen LogP contribution in [-0.4, -0.2) is 23.4 Å². The minimum Gasteiger partial charge on any atom is -0.393 e. The van der Waals surface area contributed by atoms with Gasteiger partial charge < -0.3 is 9.84 Å². The molecule has 1 N–H and O–H groups in total. The first-order valence-corrected chi connectivity index (χ1v) is 5.57. The molecular formula is C11H22O2. The fourth-order valence-corrected chi connectivity index (χ4v) is 1.89. The van der Waals surface area contributed by atoms with Crippen molar-refractivity contribution >= 4 is 0 Å². The summed E-state index contributed by atoms with van der Waals surface area (Å²) in [4.78, 5) is 0. The van der Waals surface area contributed by atoms with Crippen molar-refractivity contribution in [1.82, 2.24) is 0 Å². The molecule has 0 bridgehead atoms. The summed E-state index contributed by atoms with van der Waals surface area (Å²) in [5.74, 6) is 0. The molecule has 1 fully saturated rings. The first-order chi connectivity index (χ1) is 6.29. The molecule has 1 aliphatic rings. The van der Waals surface area contributed by atoms with Crippen LogP contribution in [-0.2, 0) is 4.74 Å². The van der Waals surface area contributed by atoms with Crippen LogP contribution < -0.4 is 0 Å². The number of rotatable bonds is 7. The summed E-state index contributed by atoms with van der Waals surface area (Å²) in [7, 11) is 0. The lowest BCUT2D eigenvalue weighted by Crippen LogP contribution is -2.19. The zero-order chi connectivity index (χ0) is 9.73. The van der Waals surface area contributed by atoms with E-state index in [0.717, 1.165) is 12.8 Å². The Balaban J connectivity index is 2.05. The molecule has 0 aromatic rings. The topological polar surface area (TPSA) is 32.8 Å². The zero-order valence-corrected chi connectivity index (χ0v) is 8.88. The van der Waals surface area contributed by atoms with Gasteiger partial charge in [-0.15, -0.1) is 0 Å². The highest BCUT2D eigenvalue weighted by atomic mass is 16.6. The molecular weight excluding hydrogens is 164 g/mol. The third-order valence-corrected chi connectivity index (χ3v) is 3.09. The highest BCUT2D eigenvalue weighted by Crippen LogP contribution is 2.42. The fourth-order valence-electron chi connectivity index (χ4n) is 1.89. The second kappa shape index (κ2) is 4.97. The highest BCUT2D eigenvalue weighted by Gasteiger charge is 2.53. The lowest BCUT2D eigenvalue weighted by molar-refractivity contribution is 0.168. The largest absolute Gasteiger partial charge is 0.393 e. The van der Waals surface area contributed by atoms with Crippen molar-refractivity contribution in [3.63, 3.8) is 0 Å². The van der Waals surface area contributed by atoms with E-state index in [4.69, 9.17) is 9.84 Å². The Morgan fingerprint density at radius 2 is 2.00 bits per heavy atom. The molecule has 0 spiro atoms. The monoisotopic (exact) mass is 186 g/mol. The van der Waals surface area contributed by atoms with Crippen LogP contribution in [0.1, 0.15) is 52.4 Å². The van der Waals surface area contributed by atoms with Gasteiger partial charge in [-0.2, -0.15) is 0 Å². The van der Waals surface area contributed by atoms with Crippen LogP contribution in [0.3, 0.4) is 0 Å². The predicted octanol–water partition coefficient (Wildman–Crippen LogP) is 2.50. The maximum Gasteiger partial charge on any atom is 0.117 e.